The number of aromatic nitrogens is 2. The molecule has 4 rings (SSSR count). The molecule has 0 aliphatic carbocycles. The first-order valence-corrected chi connectivity index (χ1v) is 7.73. The molecule has 4 aromatic rings. The number of fused-ring (bicyclic) bond motifs is 3. The second-order valence-corrected chi connectivity index (χ2v) is 5.71. The van der Waals surface area contributed by atoms with Crippen LogP contribution in [-0.2, 0) is 11.2 Å². The molecule has 0 atom stereocenters. The maximum Gasteiger partial charge on any atom is 0.221 e. The molecule has 0 saturated heterocycles. The Morgan fingerprint density at radius 3 is 2.46 bits per heavy atom. The van der Waals surface area contributed by atoms with E-state index in [0.717, 1.165) is 38.6 Å². The number of nitrogens with two attached hydrogens (primary N) is 1. The molecule has 2 N–H and O–H groups in total. The van der Waals surface area contributed by atoms with Crippen LogP contribution in [0.15, 0.2) is 66.9 Å². The highest BCUT2D eigenvalue weighted by molar-refractivity contribution is 6.03. The van der Waals surface area contributed by atoms with Crippen molar-refractivity contribution in [2.75, 3.05) is 0 Å². The summed E-state index contributed by atoms with van der Waals surface area (Å²) in [5.41, 5.74) is 9.73. The van der Waals surface area contributed by atoms with E-state index in [-0.39, 0.29) is 12.3 Å². The zero-order chi connectivity index (χ0) is 16.5. The van der Waals surface area contributed by atoms with Crippen LogP contribution in [0.1, 0.15) is 5.56 Å². The van der Waals surface area contributed by atoms with Crippen LogP contribution >= 0.6 is 0 Å². The molecule has 2 aromatic carbocycles. The van der Waals surface area contributed by atoms with Crippen molar-refractivity contribution in [3.05, 3.63) is 72.4 Å². The van der Waals surface area contributed by atoms with Crippen molar-refractivity contribution < 1.29 is 4.79 Å². The van der Waals surface area contributed by atoms with Crippen LogP contribution in [0.5, 0.6) is 0 Å². The molecule has 2 aromatic heterocycles. The fourth-order valence-corrected chi connectivity index (χ4v) is 2.99. The highest BCUT2D eigenvalue weighted by atomic mass is 16.1. The lowest BCUT2D eigenvalue weighted by atomic mass is 10.00. The van der Waals surface area contributed by atoms with E-state index in [9.17, 15) is 4.79 Å². The van der Waals surface area contributed by atoms with Gasteiger partial charge in [0.1, 0.15) is 0 Å². The summed E-state index contributed by atoms with van der Waals surface area (Å²) in [7, 11) is 0. The van der Waals surface area contributed by atoms with Crippen molar-refractivity contribution in [3.8, 4) is 11.3 Å². The lowest BCUT2D eigenvalue weighted by Gasteiger charge is -2.09. The van der Waals surface area contributed by atoms with E-state index in [1.165, 1.54) is 0 Å². The minimum atomic E-state index is -0.352. The van der Waals surface area contributed by atoms with Crippen molar-refractivity contribution in [1.29, 1.82) is 0 Å². The monoisotopic (exact) mass is 313 g/mol. The molecule has 1 amide bonds. The number of hydrogen-bond acceptors (Lipinski definition) is 3. The molecule has 0 fully saturated rings. The summed E-state index contributed by atoms with van der Waals surface area (Å²) in [5, 5.41) is 2.09. The largest absolute Gasteiger partial charge is 0.369 e. The van der Waals surface area contributed by atoms with Crippen molar-refractivity contribution in [2.24, 2.45) is 5.73 Å². The molecule has 0 radical (unpaired) electrons. The fraction of sp³-hybridized carbons (Fsp3) is 0.0500. The summed E-state index contributed by atoms with van der Waals surface area (Å²) in [6, 6.07) is 19.8. The zero-order valence-corrected chi connectivity index (χ0v) is 12.9. The van der Waals surface area contributed by atoms with E-state index < -0.39 is 0 Å². The molecule has 0 aliphatic rings. The summed E-state index contributed by atoms with van der Waals surface area (Å²) in [6.07, 6.45) is 1.97. The van der Waals surface area contributed by atoms with Gasteiger partial charge in [0.15, 0.2) is 0 Å². The number of rotatable bonds is 3. The molecule has 0 bridgehead atoms. The van der Waals surface area contributed by atoms with Gasteiger partial charge in [-0.3, -0.25) is 9.78 Å². The second-order valence-electron chi connectivity index (χ2n) is 5.71. The summed E-state index contributed by atoms with van der Waals surface area (Å²) >= 11 is 0. The van der Waals surface area contributed by atoms with Crippen LogP contribution in [-0.4, -0.2) is 15.9 Å². The van der Waals surface area contributed by atoms with Gasteiger partial charge in [0.05, 0.1) is 23.1 Å². The van der Waals surface area contributed by atoms with Crippen molar-refractivity contribution >= 4 is 27.7 Å². The Bertz CT molecular complexity index is 1070. The molecule has 2 heterocycles. The summed E-state index contributed by atoms with van der Waals surface area (Å²) < 4.78 is 0. The van der Waals surface area contributed by atoms with Gasteiger partial charge in [-0.1, -0.05) is 48.5 Å². The van der Waals surface area contributed by atoms with Crippen LogP contribution in [0, 0.1) is 0 Å². The maximum atomic E-state index is 11.3. The Morgan fingerprint density at radius 2 is 1.62 bits per heavy atom. The molecule has 116 valence electrons. The minimum absolute atomic E-state index is 0.198. The van der Waals surface area contributed by atoms with E-state index in [1.54, 1.807) is 6.20 Å². The van der Waals surface area contributed by atoms with Crippen molar-refractivity contribution in [1.82, 2.24) is 9.97 Å². The van der Waals surface area contributed by atoms with E-state index in [4.69, 9.17) is 10.7 Å². The van der Waals surface area contributed by atoms with Gasteiger partial charge in [-0.25, -0.2) is 4.98 Å². The smallest absolute Gasteiger partial charge is 0.221 e. The Labute approximate surface area is 139 Å². The van der Waals surface area contributed by atoms with Gasteiger partial charge in [-0.05, 0) is 17.7 Å². The molecule has 0 saturated carbocycles. The Balaban J connectivity index is 1.95. The first-order chi connectivity index (χ1) is 11.7. The van der Waals surface area contributed by atoms with Crippen molar-refractivity contribution in [2.45, 2.75) is 6.42 Å². The van der Waals surface area contributed by atoms with E-state index >= 15 is 0 Å². The highest BCUT2D eigenvalue weighted by Gasteiger charge is 2.10. The topological polar surface area (TPSA) is 68.9 Å². The van der Waals surface area contributed by atoms with Gasteiger partial charge in [-0.2, -0.15) is 0 Å². The molecule has 0 spiro atoms. The standard InChI is InChI=1S/C20H15N3O/c21-18(24)12-15-4-1-2-6-16(15)17-10-9-14-8-7-13-5-3-11-22-19(13)20(14)23-17/h1-11H,12H2,(H2,21,24). The average molecular weight is 313 g/mol. The molecular weight excluding hydrogens is 298 g/mol. The molecule has 0 aliphatic heterocycles. The van der Waals surface area contributed by atoms with Gasteiger partial charge in [0, 0.05) is 22.5 Å². The Hall–Kier alpha value is -3.27. The minimum Gasteiger partial charge on any atom is -0.369 e. The normalized spacial score (nSPS) is 11.0. The molecule has 4 nitrogen and oxygen atoms in total. The highest BCUT2D eigenvalue weighted by Crippen LogP contribution is 2.27. The van der Waals surface area contributed by atoms with Crippen molar-refractivity contribution in [3.63, 3.8) is 0 Å². The van der Waals surface area contributed by atoms with Crippen LogP contribution in [0.3, 0.4) is 0 Å². The molecule has 24 heavy (non-hydrogen) atoms. The number of amides is 1. The second kappa shape index (κ2) is 5.74. The lowest BCUT2D eigenvalue weighted by Crippen LogP contribution is -2.14. The number of pyridine rings is 2. The quantitative estimate of drug-likeness (QED) is 0.589. The summed E-state index contributed by atoms with van der Waals surface area (Å²) in [5.74, 6) is -0.352. The lowest BCUT2D eigenvalue weighted by molar-refractivity contribution is -0.117. The average Bonchev–Trinajstić information content (AvgIpc) is 2.61. The van der Waals surface area contributed by atoms with Crippen LogP contribution < -0.4 is 5.73 Å². The number of nitrogens with zero attached hydrogens (tertiary/aromatic N) is 2. The number of benzene rings is 2. The number of hydrogen-bond donors (Lipinski definition) is 1. The zero-order valence-electron chi connectivity index (χ0n) is 12.9. The van der Waals surface area contributed by atoms with E-state index in [1.807, 2.05) is 60.7 Å². The van der Waals surface area contributed by atoms with Gasteiger partial charge < -0.3 is 5.73 Å². The number of carbonyl (C=O) groups excluding carboxylic acids is 1. The van der Waals surface area contributed by atoms with Gasteiger partial charge >= 0.3 is 0 Å². The molecule has 4 heteroatoms. The molecular formula is C20H15N3O. The third-order valence-electron chi connectivity index (χ3n) is 4.09. The maximum absolute atomic E-state index is 11.3. The fourth-order valence-electron chi connectivity index (χ4n) is 2.99. The van der Waals surface area contributed by atoms with Gasteiger partial charge in [0.2, 0.25) is 5.91 Å². The summed E-state index contributed by atoms with van der Waals surface area (Å²) in [6.45, 7) is 0. The third kappa shape index (κ3) is 2.48. The van der Waals surface area contributed by atoms with Gasteiger partial charge in [0.25, 0.3) is 0 Å². The Morgan fingerprint density at radius 1 is 0.875 bits per heavy atom. The summed E-state index contributed by atoms with van der Waals surface area (Å²) in [4.78, 5) is 20.6. The van der Waals surface area contributed by atoms with Crippen LogP contribution in [0.25, 0.3) is 33.1 Å². The number of carbonyl (C=O) groups is 1. The predicted molar refractivity (Wildman–Crippen MR) is 95.4 cm³/mol. The predicted octanol–water partition coefficient (Wildman–Crippen LogP) is 3.48. The van der Waals surface area contributed by atoms with Crippen LogP contribution in [0.2, 0.25) is 0 Å². The SMILES string of the molecule is NC(=O)Cc1ccccc1-c1ccc2ccc3cccnc3c2n1. The first kappa shape index (κ1) is 14.3. The van der Waals surface area contributed by atoms with Gasteiger partial charge in [-0.15, -0.1) is 0 Å². The Kier molecular flexibility index (Phi) is 3.43. The van der Waals surface area contributed by atoms with E-state index in [0.29, 0.717) is 0 Å². The van der Waals surface area contributed by atoms with Crippen LogP contribution in [0.4, 0.5) is 0 Å². The molecule has 0 unspecified atom stereocenters. The third-order valence-corrected chi connectivity index (χ3v) is 4.09. The number of primary amides is 1. The first-order valence-electron chi connectivity index (χ1n) is 7.73. The van der Waals surface area contributed by atoms with E-state index in [2.05, 4.69) is 4.98 Å².